The molecule has 1 aromatic carbocycles. The zero-order chi connectivity index (χ0) is 20.0. The van der Waals surface area contributed by atoms with Gasteiger partial charge in [-0.1, -0.05) is 6.07 Å². The highest BCUT2D eigenvalue weighted by Gasteiger charge is 2.37. The molecule has 4 heterocycles. The molecule has 3 aliphatic rings. The van der Waals surface area contributed by atoms with E-state index >= 15 is 0 Å². The molecule has 5 nitrogen and oxygen atoms in total. The molecule has 3 aliphatic heterocycles. The van der Waals surface area contributed by atoms with Gasteiger partial charge in [0, 0.05) is 68.3 Å². The third kappa shape index (κ3) is 3.51. The van der Waals surface area contributed by atoms with E-state index in [0.29, 0.717) is 38.3 Å². The van der Waals surface area contributed by atoms with Gasteiger partial charge in [-0.3, -0.25) is 14.7 Å². The number of benzene rings is 1. The smallest absolute Gasteiger partial charge is 0.254 e. The molecule has 0 aliphatic carbocycles. The van der Waals surface area contributed by atoms with E-state index < -0.39 is 5.92 Å². The average molecular weight is 401 g/mol. The van der Waals surface area contributed by atoms with Gasteiger partial charge in [0.15, 0.2) is 0 Å². The topological polar surface area (TPSA) is 45.7 Å². The van der Waals surface area contributed by atoms with Gasteiger partial charge in [-0.25, -0.2) is 8.78 Å². The first-order valence-electron chi connectivity index (χ1n) is 10.4. The van der Waals surface area contributed by atoms with Crippen LogP contribution in [-0.4, -0.2) is 59.0 Å². The Hall–Kier alpha value is -2.12. The Morgan fingerprint density at radius 1 is 1.28 bits per heavy atom. The van der Waals surface area contributed by atoms with E-state index in [2.05, 4.69) is 9.88 Å². The molecule has 0 bridgehead atoms. The maximum atomic E-state index is 13.5. The number of pyridine rings is 1. The second-order valence-corrected chi connectivity index (χ2v) is 8.40. The number of amides is 1. The first-order chi connectivity index (χ1) is 14.0. The number of halogens is 2. The number of carbonyl (C=O) groups excluding carboxylic acids is 1. The molecule has 29 heavy (non-hydrogen) atoms. The lowest BCUT2D eigenvalue weighted by Crippen LogP contribution is -2.41. The lowest BCUT2D eigenvalue weighted by Gasteiger charge is -2.32. The van der Waals surface area contributed by atoms with Crippen LogP contribution in [0.1, 0.15) is 47.2 Å². The Morgan fingerprint density at radius 2 is 2.10 bits per heavy atom. The SMILES string of the molecule is O=C1c2cc(CN3CCC(F)(F)CC3)c3cccnc3c2CN1C1CCCOC1. The Morgan fingerprint density at radius 3 is 2.86 bits per heavy atom. The van der Waals surface area contributed by atoms with Gasteiger partial charge in [0.05, 0.1) is 18.2 Å². The summed E-state index contributed by atoms with van der Waals surface area (Å²) in [6.07, 6.45) is 3.46. The van der Waals surface area contributed by atoms with Gasteiger partial charge in [0.25, 0.3) is 11.8 Å². The number of ether oxygens (including phenoxy) is 1. The summed E-state index contributed by atoms with van der Waals surface area (Å²) in [5.74, 6) is -2.52. The third-order valence-electron chi connectivity index (χ3n) is 6.46. The standard InChI is InChI=1S/C22H25F2N3O2/c23-22(24)5-8-26(9-6-22)12-15-11-18-19(20-17(15)4-1-7-25-20)13-27(21(18)28)16-3-2-10-29-14-16/h1,4,7,11,16H,2-3,5-6,8-10,12-14H2. The summed E-state index contributed by atoms with van der Waals surface area (Å²) in [5, 5.41) is 1.01. The fraction of sp³-hybridized carbons (Fsp3) is 0.545. The van der Waals surface area contributed by atoms with Crippen LogP contribution in [0.25, 0.3) is 10.9 Å². The van der Waals surface area contributed by atoms with Crippen molar-refractivity contribution in [1.82, 2.24) is 14.8 Å². The highest BCUT2D eigenvalue weighted by Crippen LogP contribution is 2.35. The Bertz CT molecular complexity index is 933. The second kappa shape index (κ2) is 7.29. The highest BCUT2D eigenvalue weighted by atomic mass is 19.3. The molecule has 1 atom stereocenters. The summed E-state index contributed by atoms with van der Waals surface area (Å²) in [6, 6.07) is 5.99. The minimum Gasteiger partial charge on any atom is -0.379 e. The molecule has 2 saturated heterocycles. The van der Waals surface area contributed by atoms with Crippen LogP contribution < -0.4 is 0 Å². The maximum absolute atomic E-state index is 13.5. The maximum Gasteiger partial charge on any atom is 0.254 e. The number of rotatable bonds is 3. The van der Waals surface area contributed by atoms with E-state index in [1.807, 2.05) is 23.1 Å². The van der Waals surface area contributed by atoms with Crippen molar-refractivity contribution in [3.63, 3.8) is 0 Å². The van der Waals surface area contributed by atoms with E-state index in [9.17, 15) is 13.6 Å². The van der Waals surface area contributed by atoms with Gasteiger partial charge < -0.3 is 9.64 Å². The van der Waals surface area contributed by atoms with Crippen LogP contribution in [0, 0.1) is 0 Å². The van der Waals surface area contributed by atoms with Crippen LogP contribution >= 0.6 is 0 Å². The molecule has 2 fully saturated rings. The third-order valence-corrected chi connectivity index (χ3v) is 6.46. The molecule has 5 rings (SSSR count). The van der Waals surface area contributed by atoms with Gasteiger partial charge in [-0.05, 0) is 30.5 Å². The molecule has 0 N–H and O–H groups in total. The summed E-state index contributed by atoms with van der Waals surface area (Å²) >= 11 is 0. The molecule has 7 heteroatoms. The second-order valence-electron chi connectivity index (χ2n) is 8.40. The van der Waals surface area contributed by atoms with Gasteiger partial charge in [0.2, 0.25) is 0 Å². The van der Waals surface area contributed by atoms with Crippen molar-refractivity contribution in [2.45, 2.75) is 50.7 Å². The first kappa shape index (κ1) is 18.9. The number of alkyl halides is 2. The van der Waals surface area contributed by atoms with E-state index in [1.165, 1.54) is 0 Å². The zero-order valence-corrected chi connectivity index (χ0v) is 16.4. The normalized spacial score (nSPS) is 24.8. The molecular weight excluding hydrogens is 376 g/mol. The van der Waals surface area contributed by atoms with Crippen LogP contribution in [0.15, 0.2) is 24.4 Å². The van der Waals surface area contributed by atoms with E-state index in [4.69, 9.17) is 4.74 Å². The lowest BCUT2D eigenvalue weighted by atomic mass is 9.98. The zero-order valence-electron chi connectivity index (χ0n) is 16.4. The number of hydrogen-bond donors (Lipinski definition) is 0. The van der Waals surface area contributed by atoms with E-state index in [0.717, 1.165) is 41.5 Å². The summed E-state index contributed by atoms with van der Waals surface area (Å²) < 4.78 is 32.6. The van der Waals surface area contributed by atoms with Crippen molar-refractivity contribution in [1.29, 1.82) is 0 Å². The van der Waals surface area contributed by atoms with Crippen molar-refractivity contribution in [3.8, 4) is 0 Å². The van der Waals surface area contributed by atoms with Crippen molar-refractivity contribution in [2.24, 2.45) is 0 Å². The Labute approximate surface area is 168 Å². The predicted octanol–water partition coefficient (Wildman–Crippen LogP) is 3.60. The Balaban J connectivity index is 1.47. The van der Waals surface area contributed by atoms with Crippen molar-refractivity contribution in [2.75, 3.05) is 26.3 Å². The van der Waals surface area contributed by atoms with Crippen LogP contribution in [-0.2, 0) is 17.8 Å². The minimum absolute atomic E-state index is 0.0366. The van der Waals surface area contributed by atoms with Gasteiger partial charge in [0.1, 0.15) is 0 Å². The average Bonchev–Trinajstić information content (AvgIpc) is 3.07. The van der Waals surface area contributed by atoms with Gasteiger partial charge in [-0.15, -0.1) is 0 Å². The largest absolute Gasteiger partial charge is 0.379 e. The number of carbonyl (C=O) groups is 1. The monoisotopic (exact) mass is 401 g/mol. The fourth-order valence-corrected chi connectivity index (χ4v) is 4.79. The summed E-state index contributed by atoms with van der Waals surface area (Å²) in [6.45, 7) is 3.20. The van der Waals surface area contributed by atoms with Crippen molar-refractivity contribution in [3.05, 3.63) is 41.1 Å². The quantitative estimate of drug-likeness (QED) is 0.789. The number of hydrogen-bond acceptors (Lipinski definition) is 4. The molecule has 1 unspecified atom stereocenters. The van der Waals surface area contributed by atoms with Crippen molar-refractivity contribution >= 4 is 16.8 Å². The summed E-state index contributed by atoms with van der Waals surface area (Å²) in [5.41, 5.74) is 3.53. The van der Waals surface area contributed by atoms with Gasteiger partial charge in [-0.2, -0.15) is 0 Å². The van der Waals surface area contributed by atoms with Crippen LogP contribution in [0.2, 0.25) is 0 Å². The fourth-order valence-electron chi connectivity index (χ4n) is 4.79. The first-order valence-corrected chi connectivity index (χ1v) is 10.4. The van der Waals surface area contributed by atoms with Crippen LogP contribution in [0.5, 0.6) is 0 Å². The van der Waals surface area contributed by atoms with Crippen LogP contribution in [0.3, 0.4) is 0 Å². The van der Waals surface area contributed by atoms with Crippen molar-refractivity contribution < 1.29 is 18.3 Å². The van der Waals surface area contributed by atoms with Crippen LogP contribution in [0.4, 0.5) is 8.78 Å². The lowest BCUT2D eigenvalue weighted by molar-refractivity contribution is -0.0565. The number of nitrogens with zero attached hydrogens (tertiary/aromatic N) is 3. The molecular formula is C22H25F2N3O2. The Kier molecular flexibility index (Phi) is 4.75. The van der Waals surface area contributed by atoms with E-state index in [1.54, 1.807) is 6.20 Å². The van der Waals surface area contributed by atoms with E-state index in [-0.39, 0.29) is 24.8 Å². The summed E-state index contributed by atoms with van der Waals surface area (Å²) in [7, 11) is 0. The molecule has 154 valence electrons. The molecule has 2 aromatic rings. The number of piperidine rings is 1. The number of aromatic nitrogens is 1. The molecule has 1 amide bonds. The molecule has 0 spiro atoms. The number of likely N-dealkylation sites (tertiary alicyclic amines) is 1. The number of fused-ring (bicyclic) bond motifs is 3. The van der Waals surface area contributed by atoms with Gasteiger partial charge >= 0.3 is 0 Å². The summed E-state index contributed by atoms with van der Waals surface area (Å²) in [4.78, 5) is 21.8. The minimum atomic E-state index is -2.56. The molecule has 1 aromatic heterocycles. The molecule has 0 radical (unpaired) electrons. The highest BCUT2D eigenvalue weighted by molar-refractivity contribution is 6.04. The predicted molar refractivity (Wildman–Crippen MR) is 105 cm³/mol. The molecule has 0 saturated carbocycles.